The molecule has 0 radical (unpaired) electrons. The van der Waals surface area contributed by atoms with E-state index in [-0.39, 0.29) is 30.3 Å². The molecule has 0 spiro atoms. The second kappa shape index (κ2) is 11.2. The number of anilines is 1. The Balaban J connectivity index is 1.78. The van der Waals surface area contributed by atoms with Crippen LogP contribution in [0, 0.1) is 10.1 Å². The maximum Gasteiger partial charge on any atom is 0.286 e. The summed E-state index contributed by atoms with van der Waals surface area (Å²) < 4.78 is 21.3. The first kappa shape index (κ1) is 23.8. The van der Waals surface area contributed by atoms with Gasteiger partial charge in [0, 0.05) is 18.9 Å². The number of para-hydroxylation sites is 1. The van der Waals surface area contributed by atoms with Gasteiger partial charge in [0.05, 0.1) is 29.7 Å². The number of amides is 1. The molecule has 0 fully saturated rings. The Morgan fingerprint density at radius 1 is 1.00 bits per heavy atom. The van der Waals surface area contributed by atoms with Crippen LogP contribution in [0.15, 0.2) is 60.7 Å². The lowest BCUT2D eigenvalue weighted by atomic mass is 10.1. The number of methoxy groups -OCH3 is 2. The minimum Gasteiger partial charge on any atom is -0.493 e. The first-order chi connectivity index (χ1) is 15.9. The molecule has 0 unspecified atom stereocenters. The summed E-state index contributed by atoms with van der Waals surface area (Å²) in [5, 5.41) is 14.7. The number of nitrogens with zero attached hydrogens (tertiary/aromatic N) is 1. The first-order valence-corrected chi connectivity index (χ1v) is 10.1. The third-order valence-corrected chi connectivity index (χ3v) is 4.76. The lowest BCUT2D eigenvalue weighted by molar-refractivity contribution is -0.385. The number of nitro groups is 1. The van der Waals surface area contributed by atoms with E-state index in [1.807, 2.05) is 0 Å². The van der Waals surface area contributed by atoms with E-state index >= 15 is 0 Å². The minimum atomic E-state index is -0.678. The second-order valence-electron chi connectivity index (χ2n) is 6.63. The average molecular weight is 473 g/mol. The van der Waals surface area contributed by atoms with Crippen molar-refractivity contribution in [2.75, 3.05) is 32.8 Å². The predicted octanol–water partition coefficient (Wildman–Crippen LogP) is 5.33. The van der Waals surface area contributed by atoms with Crippen LogP contribution < -0.4 is 19.5 Å². The van der Waals surface area contributed by atoms with Crippen molar-refractivity contribution < 1.29 is 28.7 Å². The van der Waals surface area contributed by atoms with E-state index in [2.05, 4.69) is 5.32 Å². The van der Waals surface area contributed by atoms with Gasteiger partial charge in [-0.1, -0.05) is 23.7 Å². The van der Waals surface area contributed by atoms with Crippen molar-refractivity contribution in [3.05, 3.63) is 81.4 Å². The van der Waals surface area contributed by atoms with Crippen molar-refractivity contribution in [1.82, 2.24) is 0 Å². The Morgan fingerprint density at radius 2 is 1.73 bits per heavy atom. The summed E-state index contributed by atoms with van der Waals surface area (Å²) in [6.07, 6.45) is 0. The van der Waals surface area contributed by atoms with Crippen molar-refractivity contribution in [1.29, 1.82) is 0 Å². The van der Waals surface area contributed by atoms with Gasteiger partial charge in [-0.2, -0.15) is 0 Å². The first-order valence-electron chi connectivity index (χ1n) is 9.75. The topological polar surface area (TPSA) is 109 Å². The molecule has 0 heterocycles. The summed E-state index contributed by atoms with van der Waals surface area (Å²) in [6, 6.07) is 15.9. The van der Waals surface area contributed by atoms with Crippen LogP contribution in [0.5, 0.6) is 23.0 Å². The molecule has 1 amide bonds. The highest BCUT2D eigenvalue weighted by Crippen LogP contribution is 2.35. The Hall–Kier alpha value is -3.82. The third-order valence-electron chi connectivity index (χ3n) is 4.44. The van der Waals surface area contributed by atoms with E-state index in [1.54, 1.807) is 48.5 Å². The van der Waals surface area contributed by atoms with Crippen LogP contribution >= 0.6 is 11.6 Å². The van der Waals surface area contributed by atoms with Gasteiger partial charge in [0.15, 0.2) is 11.5 Å². The molecule has 0 aliphatic carbocycles. The zero-order chi connectivity index (χ0) is 23.8. The molecule has 10 heteroatoms. The summed E-state index contributed by atoms with van der Waals surface area (Å²) in [5.74, 6) is 0.644. The molecule has 0 bridgehead atoms. The van der Waals surface area contributed by atoms with Crippen molar-refractivity contribution in [3.63, 3.8) is 0 Å². The van der Waals surface area contributed by atoms with Gasteiger partial charge in [0.25, 0.3) is 11.6 Å². The number of benzene rings is 3. The highest BCUT2D eigenvalue weighted by atomic mass is 35.5. The number of halogens is 1. The molecule has 3 rings (SSSR count). The third kappa shape index (κ3) is 6.12. The van der Waals surface area contributed by atoms with Crippen molar-refractivity contribution in [2.24, 2.45) is 0 Å². The van der Waals surface area contributed by atoms with E-state index in [1.165, 1.54) is 20.3 Å². The molecule has 0 saturated heterocycles. The molecule has 1 N–H and O–H groups in total. The fourth-order valence-corrected chi connectivity index (χ4v) is 3.02. The molecule has 172 valence electrons. The fraction of sp³-hybridized carbons (Fsp3) is 0.174. The minimum absolute atomic E-state index is 0.138. The Bertz CT molecular complexity index is 1140. The molecule has 0 aromatic heterocycles. The number of ether oxygens (including phenoxy) is 4. The standard InChI is InChI=1S/C23H21ClN2O7/c1-30-11-12-32-22-14-19(26(28)29)17(13-21(22)31-2)23(27)25-15-7-9-16(10-8-15)33-20-6-4-3-5-18(20)24/h3-10,13-14H,11-12H2,1-2H3,(H,25,27). The number of hydrogen-bond acceptors (Lipinski definition) is 7. The largest absolute Gasteiger partial charge is 0.493 e. The van der Waals surface area contributed by atoms with Crippen molar-refractivity contribution in [3.8, 4) is 23.0 Å². The van der Waals surface area contributed by atoms with Crippen molar-refractivity contribution in [2.45, 2.75) is 0 Å². The summed E-state index contributed by atoms with van der Waals surface area (Å²) in [6.45, 7) is 0.452. The van der Waals surface area contributed by atoms with E-state index in [4.69, 9.17) is 30.5 Å². The molecule has 9 nitrogen and oxygen atoms in total. The molecule has 0 aliphatic rings. The number of carbonyl (C=O) groups excluding carboxylic acids is 1. The van der Waals surface area contributed by atoms with Gasteiger partial charge < -0.3 is 24.3 Å². The van der Waals surface area contributed by atoms with Gasteiger partial charge in [0.1, 0.15) is 23.7 Å². The predicted molar refractivity (Wildman–Crippen MR) is 123 cm³/mol. The highest BCUT2D eigenvalue weighted by Gasteiger charge is 2.25. The van der Waals surface area contributed by atoms with Crippen LogP contribution in [0.2, 0.25) is 5.02 Å². The van der Waals surface area contributed by atoms with Crippen LogP contribution in [-0.2, 0) is 4.74 Å². The van der Waals surface area contributed by atoms with Crippen LogP contribution in [0.4, 0.5) is 11.4 Å². The molecular formula is C23H21ClN2O7. The van der Waals surface area contributed by atoms with Crippen molar-refractivity contribution >= 4 is 28.9 Å². The lowest BCUT2D eigenvalue weighted by Crippen LogP contribution is -2.15. The summed E-state index contributed by atoms with van der Waals surface area (Å²) in [5.41, 5.74) is -0.174. The molecule has 33 heavy (non-hydrogen) atoms. The smallest absolute Gasteiger partial charge is 0.286 e. The van der Waals surface area contributed by atoms with E-state index < -0.39 is 16.5 Å². The van der Waals surface area contributed by atoms with Gasteiger partial charge in [-0.25, -0.2) is 0 Å². The molecule has 0 saturated carbocycles. The zero-order valence-electron chi connectivity index (χ0n) is 17.9. The molecule has 0 atom stereocenters. The number of rotatable bonds is 10. The Morgan fingerprint density at radius 3 is 2.36 bits per heavy atom. The van der Waals surface area contributed by atoms with Gasteiger partial charge in [0.2, 0.25) is 0 Å². The normalized spacial score (nSPS) is 10.4. The maximum absolute atomic E-state index is 12.8. The van der Waals surface area contributed by atoms with Gasteiger partial charge in [-0.05, 0) is 36.4 Å². The summed E-state index contributed by atoms with van der Waals surface area (Å²) >= 11 is 6.09. The maximum atomic E-state index is 12.8. The second-order valence-corrected chi connectivity index (χ2v) is 7.04. The molecule has 3 aromatic rings. The number of nitro benzene ring substituents is 1. The van der Waals surface area contributed by atoms with Crippen LogP contribution in [0.1, 0.15) is 10.4 Å². The van der Waals surface area contributed by atoms with Gasteiger partial charge >= 0.3 is 0 Å². The van der Waals surface area contributed by atoms with Crippen LogP contribution in [-0.4, -0.2) is 38.3 Å². The summed E-state index contributed by atoms with van der Waals surface area (Å²) in [7, 11) is 2.88. The Labute approximate surface area is 194 Å². The zero-order valence-corrected chi connectivity index (χ0v) is 18.6. The Kier molecular flexibility index (Phi) is 8.06. The number of carbonyl (C=O) groups is 1. The van der Waals surface area contributed by atoms with E-state index in [0.717, 1.165) is 6.07 Å². The quantitative estimate of drug-likeness (QED) is 0.241. The summed E-state index contributed by atoms with van der Waals surface area (Å²) in [4.78, 5) is 23.7. The number of hydrogen-bond donors (Lipinski definition) is 1. The molecule has 0 aliphatic heterocycles. The average Bonchev–Trinajstić information content (AvgIpc) is 2.81. The van der Waals surface area contributed by atoms with E-state index in [0.29, 0.717) is 22.2 Å². The highest BCUT2D eigenvalue weighted by molar-refractivity contribution is 6.32. The van der Waals surface area contributed by atoms with Crippen LogP contribution in [0.25, 0.3) is 0 Å². The van der Waals surface area contributed by atoms with Gasteiger partial charge in [-0.3, -0.25) is 14.9 Å². The monoisotopic (exact) mass is 472 g/mol. The molecule has 3 aromatic carbocycles. The lowest BCUT2D eigenvalue weighted by Gasteiger charge is -2.13. The number of nitrogens with one attached hydrogen (secondary N) is 1. The fourth-order valence-electron chi connectivity index (χ4n) is 2.85. The SMILES string of the molecule is COCCOc1cc([N+](=O)[O-])c(C(=O)Nc2ccc(Oc3ccccc3Cl)cc2)cc1OC. The van der Waals surface area contributed by atoms with E-state index in [9.17, 15) is 14.9 Å². The van der Waals surface area contributed by atoms with Gasteiger partial charge in [-0.15, -0.1) is 0 Å². The van der Waals surface area contributed by atoms with Crippen LogP contribution in [0.3, 0.4) is 0 Å². The molecular weight excluding hydrogens is 452 g/mol.